The Balaban J connectivity index is 0.000000202. The van der Waals surface area contributed by atoms with Crippen LogP contribution in [0.25, 0.3) is 0 Å². The summed E-state index contributed by atoms with van der Waals surface area (Å²) < 4.78 is 224. The molecule has 129 heavy (non-hydrogen) atoms. The second kappa shape index (κ2) is 41.8. The summed E-state index contributed by atoms with van der Waals surface area (Å²) in [5, 5.41) is 47.2. The Morgan fingerprint density at radius 2 is 0.752 bits per heavy atom. The monoisotopic (exact) mass is 1840 g/mol. The number of nitrogens with two attached hydrogens (primary N) is 1. The molecule has 700 valence electrons. The highest BCUT2D eigenvalue weighted by Gasteiger charge is 2.56. The van der Waals surface area contributed by atoms with Gasteiger partial charge in [-0.25, -0.2) is 64.1 Å². The van der Waals surface area contributed by atoms with Gasteiger partial charge in [0, 0.05) is 83.0 Å². The van der Waals surface area contributed by atoms with Crippen LogP contribution in [0.3, 0.4) is 0 Å². The molecule has 3 aromatic carbocycles. The molecule has 6 atom stereocenters. The molecule has 0 bridgehead atoms. The number of aliphatic carboxylic acids is 1. The van der Waals surface area contributed by atoms with E-state index >= 15 is 0 Å². The number of alkyl halides is 15. The zero-order valence-corrected chi connectivity index (χ0v) is 70.3. The van der Waals surface area contributed by atoms with Crippen LogP contribution in [0, 0.1) is 16.2 Å². The maximum Gasteiger partial charge on any atom is 0.412 e. The number of amides is 7. The van der Waals surface area contributed by atoms with Crippen LogP contribution in [0.2, 0.25) is 0 Å². The summed E-state index contributed by atoms with van der Waals surface area (Å²) in [6.45, 7) is 0.371. The number of nitrogen functional groups attached to an aromatic ring is 1. The number of anilines is 6. The molecular formula is C85H96F15N15O14. The van der Waals surface area contributed by atoms with Crippen molar-refractivity contribution in [2.24, 2.45) is 0 Å². The summed E-state index contributed by atoms with van der Waals surface area (Å²) in [4.78, 5) is 117. The van der Waals surface area contributed by atoms with Gasteiger partial charge in [-0.15, -0.1) is 0 Å². The second-order valence-corrected chi connectivity index (χ2v) is 33.3. The zero-order valence-electron chi connectivity index (χ0n) is 70.3. The highest BCUT2D eigenvalue weighted by atomic mass is 19.3. The number of rotatable bonds is 23. The Morgan fingerprint density at radius 3 is 1.05 bits per heavy atom. The van der Waals surface area contributed by atoms with Crippen LogP contribution in [0.15, 0.2) is 109 Å². The molecule has 6 fully saturated rings. The van der Waals surface area contributed by atoms with Crippen molar-refractivity contribution in [3.63, 3.8) is 0 Å². The van der Waals surface area contributed by atoms with Crippen LogP contribution in [0.4, 0.5) is 110 Å². The van der Waals surface area contributed by atoms with Gasteiger partial charge >= 0.3 is 38.0 Å². The average Bonchev–Trinajstić information content (AvgIpc) is 1.73. The molecule has 12 rings (SSSR count). The molecule has 6 heterocycles. The minimum atomic E-state index is -3.09. The van der Waals surface area contributed by atoms with Crippen molar-refractivity contribution in [3.8, 4) is 17.2 Å². The van der Waals surface area contributed by atoms with Crippen LogP contribution in [-0.2, 0) is 54.5 Å². The highest BCUT2D eigenvalue weighted by molar-refractivity contribution is 6.02. The minimum absolute atomic E-state index is 0.0252. The maximum absolute atomic E-state index is 14.8. The number of hydrogen-bond acceptors (Lipinski definition) is 21. The van der Waals surface area contributed by atoms with Crippen LogP contribution < -0.4 is 51.8 Å². The molecule has 7 amide bonds. The van der Waals surface area contributed by atoms with Crippen LogP contribution in [0.1, 0.15) is 172 Å². The second-order valence-electron chi connectivity index (χ2n) is 33.3. The van der Waals surface area contributed by atoms with Gasteiger partial charge in [0.05, 0.1) is 52.4 Å². The third kappa shape index (κ3) is 26.9. The number of benzene rings is 3. The molecule has 12 N–H and O–H groups in total. The first-order valence-corrected chi connectivity index (χ1v) is 40.4. The molecule has 29 nitrogen and oxygen atoms in total. The van der Waals surface area contributed by atoms with Gasteiger partial charge < -0.3 is 81.8 Å². The van der Waals surface area contributed by atoms with Gasteiger partial charge in [0.2, 0.25) is 47.3 Å². The Labute approximate surface area is 729 Å². The predicted octanol–water partition coefficient (Wildman–Crippen LogP) is 16.2. The van der Waals surface area contributed by atoms with Gasteiger partial charge in [0.25, 0.3) is 0 Å². The molecule has 3 aliphatic carbocycles. The lowest BCUT2D eigenvalue weighted by atomic mass is 9.67. The first-order chi connectivity index (χ1) is 60.4. The van der Waals surface area contributed by atoms with E-state index in [4.69, 9.17) is 31.4 Å². The van der Waals surface area contributed by atoms with Gasteiger partial charge in [-0.05, 0) is 170 Å². The number of carboxylic acids is 1. The number of hydrogen-bond donors (Lipinski definition) is 11. The summed E-state index contributed by atoms with van der Waals surface area (Å²) >= 11 is 0. The van der Waals surface area contributed by atoms with E-state index in [9.17, 15) is 109 Å². The lowest BCUT2D eigenvalue weighted by Gasteiger charge is -2.42. The topological polar surface area (TPSA) is 418 Å². The number of likely N-dealkylation sites (tertiary alicyclic amines) is 2. The Morgan fingerprint density at radius 1 is 0.442 bits per heavy atom. The number of nitrogens with one attached hydrogen (secondary N) is 9. The number of carboxylic acid groups (broad SMARTS) is 1. The Hall–Kier alpha value is -12.4. The molecule has 3 aromatic heterocycles. The number of halogens is 15. The summed E-state index contributed by atoms with van der Waals surface area (Å²) in [5.41, 5.74) is 1.53. The van der Waals surface area contributed by atoms with E-state index in [1.54, 1.807) is 41.5 Å². The quantitative estimate of drug-likeness (QED) is 0.0210. The molecule has 3 saturated carbocycles. The van der Waals surface area contributed by atoms with Gasteiger partial charge in [0.1, 0.15) is 93.6 Å². The number of carbonyl (C=O) groups is 8. The standard InChI is InChI=1S/C30H34F5N5O5.C25H26F5N5O3.C16H22FN5O3.C14H14F4O3/c1-28(2,3)45-27(43)38-20-8-9-23(37-21(20)15-36)39-24(41)22-14-18(31)16-40(22)25(42)29(10-12-30(34,35)13-11-29)17-4-6-19(7-5-17)44-26(32)33;26-15-11-19(21(36)34-20-6-5-17(32)18(12-31)33-20)35(13-15)22(37)24(7-9-25(29,30)10-8-24)14-1-3-16(4-2-14)38-23(27)28;1-16(2,3)25-15(24)21-10-4-5-13(20-12(10)7-18)22-14(23)11-6-9(17)8-19-11;15-12(16)21-10-3-1-9(2-4-10)13(11(19)20)5-7-14(17,18)8-6-13/h4-9,15,18,22,26,36H,10-14,16H2,1-3H3,(H,38,43)(H,37,39,41);1-6,12,15,19,23,31H,7-11,13,32H2,(H,33,34,36);4-5,7,9,11,18-19H,6,8H2,1-3H3,(H,21,24)(H,20,22,23);1-4,12H,5-8H2,(H,19,20)/t18-,22-;15-,19-;9-,11-;/m111./s1. The van der Waals surface area contributed by atoms with E-state index in [0.29, 0.717) is 5.56 Å². The van der Waals surface area contributed by atoms with Gasteiger partial charge in [0.15, 0.2) is 0 Å². The van der Waals surface area contributed by atoms with Crippen molar-refractivity contribution in [3.05, 3.63) is 143 Å². The lowest BCUT2D eigenvalue weighted by Crippen LogP contribution is -2.54. The molecule has 6 aromatic rings. The molecule has 0 spiro atoms. The molecule has 6 aliphatic rings. The highest BCUT2D eigenvalue weighted by Crippen LogP contribution is 2.51. The van der Waals surface area contributed by atoms with Gasteiger partial charge in [-0.1, -0.05) is 36.4 Å². The number of aromatic nitrogens is 3. The largest absolute Gasteiger partial charge is 0.481 e. The van der Waals surface area contributed by atoms with E-state index in [2.05, 4.69) is 61.1 Å². The van der Waals surface area contributed by atoms with Crippen molar-refractivity contribution >= 4 is 101 Å². The van der Waals surface area contributed by atoms with Crippen molar-refractivity contribution in [2.45, 2.75) is 240 Å². The van der Waals surface area contributed by atoms with Crippen LogP contribution in [-0.4, -0.2) is 201 Å². The van der Waals surface area contributed by atoms with E-state index in [0.717, 1.165) is 28.4 Å². The Kier molecular flexibility index (Phi) is 32.5. The smallest absolute Gasteiger partial charge is 0.412 e. The zero-order chi connectivity index (χ0) is 95.1. The first kappa shape index (κ1) is 100. The van der Waals surface area contributed by atoms with Crippen molar-refractivity contribution in [1.82, 2.24) is 30.1 Å². The van der Waals surface area contributed by atoms with E-state index in [1.807, 2.05) is 0 Å². The summed E-state index contributed by atoms with van der Waals surface area (Å²) in [6.07, 6.45) is -8.56. The number of nitrogens with zero attached hydrogens (tertiary/aromatic N) is 5. The third-order valence-corrected chi connectivity index (χ3v) is 21.9. The normalized spacial score (nSPS) is 21.0. The van der Waals surface area contributed by atoms with Crippen LogP contribution in [0.5, 0.6) is 17.2 Å². The number of ether oxygens (including phenoxy) is 5. The molecule has 44 heteroatoms. The van der Waals surface area contributed by atoms with E-state index < -0.39 is 201 Å². The summed E-state index contributed by atoms with van der Waals surface area (Å²) in [7, 11) is 0. The molecule has 0 radical (unpaired) electrons. The predicted molar refractivity (Wildman–Crippen MR) is 440 cm³/mol. The average molecular weight is 1840 g/mol. The fourth-order valence-corrected chi connectivity index (χ4v) is 15.5. The minimum Gasteiger partial charge on any atom is -0.481 e. The molecule has 3 saturated heterocycles. The fourth-order valence-electron chi connectivity index (χ4n) is 15.5. The van der Waals surface area contributed by atoms with Crippen molar-refractivity contribution in [1.29, 1.82) is 16.2 Å². The lowest BCUT2D eigenvalue weighted by molar-refractivity contribution is -0.149. The first-order valence-electron chi connectivity index (χ1n) is 40.4. The fraction of sp³-hybridized carbons (Fsp3) is 0.482. The van der Waals surface area contributed by atoms with E-state index in [1.165, 1.54) is 109 Å². The number of carbonyl (C=O) groups excluding carboxylic acids is 7. The van der Waals surface area contributed by atoms with Gasteiger partial charge in [-0.3, -0.25) is 39.4 Å². The van der Waals surface area contributed by atoms with Crippen LogP contribution >= 0.6 is 0 Å². The Bertz CT molecular complexity index is 4990. The maximum atomic E-state index is 14.8. The third-order valence-electron chi connectivity index (χ3n) is 21.9. The SMILES string of the molecule is CC(C)(C)OC(=O)Nc1ccc(NC(=O)[C@H]2C[C@@H](F)CN2)nc1C=N.CC(C)(C)OC(=O)Nc1ccc(NC(=O)[C@H]2C[C@@H](F)CN2C(=O)C2(c3ccc(OC(F)F)cc3)CCC(F)(F)CC2)nc1C=N.N=Cc1nc(NC(=O)[C@H]2C[C@@H](F)CN2C(=O)C2(c3ccc(OC(F)F)cc3)CCC(F)(F)CC2)ccc1N.O=C(O)C1(c2ccc(OC(F)F)cc2)CCC(F)(F)CC1. The summed E-state index contributed by atoms with van der Waals surface area (Å²) in [5.74, 6) is -13.7. The van der Waals surface area contributed by atoms with Gasteiger partial charge in [-0.2, -0.15) is 26.3 Å². The number of pyridine rings is 3. The molecule has 0 unspecified atom stereocenters. The van der Waals surface area contributed by atoms with Crippen molar-refractivity contribution < 1.29 is 133 Å². The van der Waals surface area contributed by atoms with E-state index in [-0.39, 0.29) is 144 Å². The molecule has 3 aliphatic heterocycles. The molecular weight excluding hydrogens is 1740 g/mol. The van der Waals surface area contributed by atoms with Crippen molar-refractivity contribution in [2.75, 3.05) is 52.0 Å². The summed E-state index contributed by atoms with van der Waals surface area (Å²) in [6, 6.07) is 20.7.